The van der Waals surface area contributed by atoms with E-state index in [9.17, 15) is 9.59 Å². The number of rotatable bonds is 8. The van der Waals surface area contributed by atoms with Gasteiger partial charge >= 0.3 is 39.0 Å². The van der Waals surface area contributed by atoms with Gasteiger partial charge in [-0.1, -0.05) is 0 Å². The number of carbonyl (C=O) groups is 2. The zero-order chi connectivity index (χ0) is 28.8. The molecular formula is C17H49N9O2Rh2S6. The molecule has 0 heterocycles. The predicted octanol–water partition coefficient (Wildman–Crippen LogP) is -5.00. The van der Waals surface area contributed by atoms with Crippen molar-refractivity contribution in [2.45, 2.75) is 12.1 Å². The Labute approximate surface area is 280 Å². The summed E-state index contributed by atoms with van der Waals surface area (Å²) in [6.45, 7) is 2.54. The maximum absolute atomic E-state index is 10.4. The molecule has 36 heavy (non-hydrogen) atoms. The molecule has 0 aliphatic rings. The van der Waals surface area contributed by atoms with Crippen LogP contribution in [-0.2, 0) is 124 Å². The molecule has 0 rings (SSSR count). The van der Waals surface area contributed by atoms with Gasteiger partial charge < -0.3 is 127 Å². The largest absolute Gasteiger partial charge is 3.00 e. The van der Waals surface area contributed by atoms with Crippen LogP contribution in [0.15, 0.2) is 0 Å². The van der Waals surface area contributed by atoms with Crippen LogP contribution >= 0.6 is 0 Å². The molecule has 2 amide bonds. The second kappa shape index (κ2) is 70.9. The number of nitrogens with one attached hydrogen (secondary N) is 2. The number of likely N-dealkylation sites (N-methyl/N-ethyl adjacent to an activating group) is 2. The van der Waals surface area contributed by atoms with Crippen LogP contribution < -0.4 is 50.8 Å². The molecule has 0 radical (unpaired) electrons. The molecule has 16 N–H and O–H groups in total. The van der Waals surface area contributed by atoms with Gasteiger partial charge in [0, 0.05) is 15.5 Å². The third kappa shape index (κ3) is 91.1. The Morgan fingerprint density at radius 1 is 0.611 bits per heavy atom. The van der Waals surface area contributed by atoms with E-state index in [-0.39, 0.29) is 63.7 Å². The summed E-state index contributed by atoms with van der Waals surface area (Å²) in [4.78, 5) is 20.9. The molecule has 0 spiro atoms. The van der Waals surface area contributed by atoms with E-state index >= 15 is 0 Å². The van der Waals surface area contributed by atoms with Gasteiger partial charge in [0.2, 0.25) is 11.8 Å². The van der Waals surface area contributed by atoms with Gasteiger partial charge in [-0.2, -0.15) is 34.5 Å². The second-order valence-electron chi connectivity index (χ2n) is 4.75. The fourth-order valence-electron chi connectivity index (χ4n) is 0.522. The Balaban J connectivity index is -0.0000000295. The molecule has 0 saturated heterocycles. The second-order valence-corrected chi connectivity index (χ2v) is 7.05. The minimum absolute atomic E-state index is 0. The predicted molar refractivity (Wildman–Crippen MR) is 166 cm³/mol. The minimum Gasteiger partial charge on any atom is -0.791 e. The quantitative estimate of drug-likeness (QED) is 0.0825. The number of hydrogen-bond donors (Lipinski definition) is 9. The summed E-state index contributed by atoms with van der Waals surface area (Å²) in [5.74, 6) is 2.89. The van der Waals surface area contributed by atoms with Gasteiger partial charge in [0.05, 0.1) is 12.1 Å². The normalized spacial score (nSPS) is 9.22. The van der Waals surface area contributed by atoms with Gasteiger partial charge in [-0.15, -0.1) is 0 Å². The van der Waals surface area contributed by atoms with Gasteiger partial charge in [0.1, 0.15) is 0 Å². The first-order valence-electron chi connectivity index (χ1n) is 9.91. The van der Waals surface area contributed by atoms with Crippen molar-refractivity contribution in [3.8, 4) is 0 Å². The maximum atomic E-state index is 10.4. The molecule has 0 aromatic heterocycles. The van der Waals surface area contributed by atoms with Gasteiger partial charge in [-0.3, -0.25) is 9.59 Å². The van der Waals surface area contributed by atoms with Crippen molar-refractivity contribution in [3.63, 3.8) is 0 Å². The molecule has 11 nitrogen and oxygen atoms in total. The summed E-state index contributed by atoms with van der Waals surface area (Å²) in [6, 6.07) is -1.04. The van der Waals surface area contributed by atoms with E-state index < -0.39 is 12.1 Å². The van der Waals surface area contributed by atoms with Gasteiger partial charge in [0.25, 0.3) is 0 Å². The smallest absolute Gasteiger partial charge is 0.791 e. The number of carbonyl (C=O) groups excluding carboxylic acids is 2. The Morgan fingerprint density at radius 2 is 0.750 bits per heavy atom. The van der Waals surface area contributed by atoms with E-state index in [0.717, 1.165) is 0 Å². The van der Waals surface area contributed by atoms with Crippen LogP contribution in [0.25, 0.3) is 0 Å². The number of nitrogens with two attached hydrogens (primary N) is 7. The van der Waals surface area contributed by atoms with E-state index in [4.69, 9.17) is 34.4 Å². The van der Waals surface area contributed by atoms with Crippen LogP contribution in [0.2, 0.25) is 0 Å². The molecule has 0 bridgehead atoms. The van der Waals surface area contributed by atoms with Crippen LogP contribution in [-0.4, -0.2) is 106 Å². The molecule has 0 aliphatic carbocycles. The number of amides is 2. The van der Waals surface area contributed by atoms with E-state index in [1.165, 1.54) is 21.1 Å². The average molecular weight is 810 g/mol. The monoisotopic (exact) mass is 809 g/mol. The van der Waals surface area contributed by atoms with Crippen LogP contribution in [0, 0.1) is 0 Å². The molecule has 0 unspecified atom stereocenters. The molecule has 0 aromatic rings. The van der Waals surface area contributed by atoms with Crippen molar-refractivity contribution in [2.75, 3.05) is 81.8 Å². The topological polar surface area (TPSA) is 240 Å². The molecule has 0 fully saturated rings. The molecule has 0 saturated carbocycles. The van der Waals surface area contributed by atoms with Crippen molar-refractivity contribution in [2.24, 2.45) is 40.1 Å². The van der Waals surface area contributed by atoms with Gasteiger partial charge in [-0.05, 0) is 33.2 Å². The summed E-state index contributed by atoms with van der Waals surface area (Å²) < 4.78 is 0. The van der Waals surface area contributed by atoms with E-state index in [0.29, 0.717) is 49.2 Å². The van der Waals surface area contributed by atoms with E-state index in [1.54, 1.807) is 0 Å². The summed E-state index contributed by atoms with van der Waals surface area (Å²) in [5.41, 5.74) is 34.6. The third-order valence-electron chi connectivity index (χ3n) is 2.00. The minimum atomic E-state index is -0.519. The molecule has 19 heteroatoms. The van der Waals surface area contributed by atoms with Gasteiger partial charge in [-0.25, -0.2) is 0 Å². The molecular weight excluding hydrogens is 760 g/mol. The summed E-state index contributed by atoms with van der Waals surface area (Å²) in [7, 11) is 4.57. The third-order valence-corrected chi connectivity index (χ3v) is 3.66. The van der Waals surface area contributed by atoms with E-state index in [2.05, 4.69) is 92.1 Å². The molecule has 0 aromatic carbocycles. The zero-order valence-corrected chi connectivity index (χ0v) is 29.4. The maximum Gasteiger partial charge on any atom is 3.00 e. The SMILES string of the molecule is CN.CNC(=O)[C@@H](N)C[S-].CNC(=O)[C@@H](N)C[S-].NCC[S-].NCC[S-].NCC[S-].NCC[S-].[HH].[Rh+3].[Rh+3]. The molecule has 228 valence electrons. The molecule has 2 atom stereocenters. The van der Waals surface area contributed by atoms with Crippen molar-refractivity contribution >= 4 is 87.6 Å². The van der Waals surface area contributed by atoms with Crippen molar-refractivity contribution in [1.29, 1.82) is 0 Å². The van der Waals surface area contributed by atoms with Crippen LogP contribution in [0.4, 0.5) is 0 Å². The van der Waals surface area contributed by atoms with Crippen LogP contribution in [0.5, 0.6) is 0 Å². The Morgan fingerprint density at radius 3 is 0.778 bits per heavy atom. The van der Waals surface area contributed by atoms with Crippen molar-refractivity contribution < 1.29 is 50.0 Å². The number of hydrogen-bond acceptors (Lipinski definition) is 15. The van der Waals surface area contributed by atoms with Crippen molar-refractivity contribution in [1.82, 2.24) is 10.6 Å². The van der Waals surface area contributed by atoms with Crippen LogP contribution in [0.3, 0.4) is 0 Å². The fraction of sp³-hybridized carbons (Fsp3) is 0.882. The first kappa shape index (κ1) is 61.9. The summed E-state index contributed by atoms with van der Waals surface area (Å²) in [5, 5.41) is 4.77. The zero-order valence-electron chi connectivity index (χ0n) is 21.2. The Kier molecular flexibility index (Phi) is 122. The first-order valence-corrected chi connectivity index (χ1v) is 13.4. The Hall–Kier alpha value is 2.01. The van der Waals surface area contributed by atoms with Gasteiger partial charge in [0.15, 0.2) is 0 Å². The summed E-state index contributed by atoms with van der Waals surface area (Å²) in [6.07, 6.45) is 0. The standard InChI is InChI=1S/2C4H10N2OS.4C2H7NS.CH5N.2Rh.H2/c2*1-6-4(7)3(5)2-8;4*3-1-2-4;1-2;;;/h2*3,8H,2,5H2,1H3,(H,6,7);4*4H,1-3H2;2H2,1H3;;;1H/q;;;;;;;2*+3;/p-6/t2*3-;;;;;;;;/m00......../s1. The first-order chi connectivity index (χ1) is 16.1. The summed E-state index contributed by atoms with van der Waals surface area (Å²) >= 11 is 26.8. The Bertz CT molecular complexity index is 316. The fourth-order valence-corrected chi connectivity index (χ4v) is 0.825. The van der Waals surface area contributed by atoms with E-state index in [1.807, 2.05) is 0 Å². The average Bonchev–Trinajstić information content (AvgIpc) is 2.92. The van der Waals surface area contributed by atoms with Crippen molar-refractivity contribution in [3.05, 3.63) is 0 Å². The van der Waals surface area contributed by atoms with Crippen LogP contribution in [0.1, 0.15) is 1.43 Å². The molecule has 0 aliphatic heterocycles.